The van der Waals surface area contributed by atoms with Gasteiger partial charge in [-0.25, -0.2) is 13.8 Å². The fraction of sp³-hybridized carbons (Fsp3) is 0.667. The van der Waals surface area contributed by atoms with E-state index < -0.39 is 18.6 Å². The topological polar surface area (TPSA) is 74.5 Å². The number of rotatable bonds is 6. The highest BCUT2D eigenvalue weighted by molar-refractivity contribution is 14.0. The second-order valence-corrected chi connectivity index (χ2v) is 4.64. The number of aromatic nitrogens is 2. The Labute approximate surface area is 140 Å². The number of aliphatic hydroxyl groups is 1. The summed E-state index contributed by atoms with van der Waals surface area (Å²) in [4.78, 5) is 4.12. The molecule has 1 aromatic rings. The van der Waals surface area contributed by atoms with Crippen LogP contribution in [0.25, 0.3) is 0 Å². The van der Waals surface area contributed by atoms with Crippen LogP contribution >= 0.6 is 24.0 Å². The number of nitrogens with one attached hydrogen (secondary N) is 2. The van der Waals surface area contributed by atoms with Crippen LogP contribution in [-0.4, -0.2) is 46.9 Å². The van der Waals surface area contributed by atoms with Crippen molar-refractivity contribution >= 4 is 29.9 Å². The third kappa shape index (κ3) is 7.02. The molecular formula is C12H22F2IN5O. The zero-order valence-electron chi connectivity index (χ0n) is 12.3. The molecule has 21 heavy (non-hydrogen) atoms. The third-order valence-corrected chi connectivity index (χ3v) is 2.64. The second kappa shape index (κ2) is 9.13. The molecule has 1 unspecified atom stereocenters. The Bertz CT molecular complexity index is 451. The van der Waals surface area contributed by atoms with Crippen molar-refractivity contribution in [2.75, 3.05) is 19.6 Å². The molecule has 0 saturated carbocycles. The number of aliphatic imine (C=N–C) groups is 1. The number of hydrogen-bond acceptors (Lipinski definition) is 3. The van der Waals surface area contributed by atoms with Crippen LogP contribution in [0.4, 0.5) is 8.78 Å². The van der Waals surface area contributed by atoms with Gasteiger partial charge in [0.2, 0.25) is 0 Å². The molecule has 6 nitrogen and oxygen atoms in total. The molecule has 3 N–H and O–H groups in total. The van der Waals surface area contributed by atoms with E-state index in [9.17, 15) is 13.9 Å². The molecule has 0 spiro atoms. The molecule has 0 aliphatic carbocycles. The summed E-state index contributed by atoms with van der Waals surface area (Å²) in [5.74, 6) is 0.247. The number of halogens is 3. The van der Waals surface area contributed by atoms with Crippen LogP contribution in [0.3, 0.4) is 0 Å². The summed E-state index contributed by atoms with van der Waals surface area (Å²) in [6, 6.07) is 0. The highest BCUT2D eigenvalue weighted by Crippen LogP contribution is 2.19. The molecule has 0 saturated heterocycles. The largest absolute Gasteiger partial charge is 0.383 e. The lowest BCUT2D eigenvalue weighted by Crippen LogP contribution is -2.40. The molecule has 0 fully saturated rings. The number of aryl methyl sites for hydroxylation is 1. The molecule has 0 aromatic carbocycles. The summed E-state index contributed by atoms with van der Waals surface area (Å²) < 4.78 is 25.9. The van der Waals surface area contributed by atoms with Crippen molar-refractivity contribution in [3.8, 4) is 0 Å². The van der Waals surface area contributed by atoms with E-state index in [1.165, 1.54) is 0 Å². The molecule has 0 aliphatic rings. The molecule has 0 radical (unpaired) electrons. The van der Waals surface area contributed by atoms with Gasteiger partial charge in [-0.05, 0) is 13.8 Å². The predicted molar refractivity (Wildman–Crippen MR) is 88.2 cm³/mol. The number of nitrogens with zero attached hydrogens (tertiary/aromatic N) is 3. The predicted octanol–water partition coefficient (Wildman–Crippen LogP) is 1.07. The highest BCUT2D eigenvalue weighted by atomic mass is 127. The van der Waals surface area contributed by atoms with Gasteiger partial charge >= 0.3 is 0 Å². The van der Waals surface area contributed by atoms with Gasteiger partial charge in [0.15, 0.2) is 5.96 Å². The zero-order chi connectivity index (χ0) is 15.2. The van der Waals surface area contributed by atoms with Crippen molar-refractivity contribution in [2.45, 2.75) is 25.9 Å². The molecule has 1 heterocycles. The summed E-state index contributed by atoms with van der Waals surface area (Å²) in [6.45, 7) is 3.53. The van der Waals surface area contributed by atoms with Crippen molar-refractivity contribution < 1.29 is 13.9 Å². The van der Waals surface area contributed by atoms with Crippen molar-refractivity contribution in [1.29, 1.82) is 0 Å². The van der Waals surface area contributed by atoms with E-state index in [0.29, 0.717) is 12.1 Å². The van der Waals surface area contributed by atoms with Gasteiger partial charge in [0, 0.05) is 25.4 Å². The van der Waals surface area contributed by atoms with E-state index in [0.717, 1.165) is 0 Å². The van der Waals surface area contributed by atoms with Crippen LogP contribution in [0.1, 0.15) is 19.4 Å². The maximum Gasteiger partial charge on any atom is 0.255 e. The van der Waals surface area contributed by atoms with Gasteiger partial charge < -0.3 is 15.7 Å². The minimum absolute atomic E-state index is 0. The smallest absolute Gasteiger partial charge is 0.255 e. The average Bonchev–Trinajstić information content (AvgIpc) is 2.80. The first kappa shape index (κ1) is 20.0. The van der Waals surface area contributed by atoms with E-state index in [2.05, 4.69) is 20.7 Å². The fourth-order valence-electron chi connectivity index (χ4n) is 1.54. The SMILES string of the molecule is CCNC(=NCC(C)(O)c1cnn(C)c1)NCC(F)F.I. The van der Waals surface area contributed by atoms with Crippen LogP contribution in [0.5, 0.6) is 0 Å². The maximum absolute atomic E-state index is 12.2. The average molecular weight is 417 g/mol. The van der Waals surface area contributed by atoms with Crippen LogP contribution in [0.2, 0.25) is 0 Å². The van der Waals surface area contributed by atoms with Crippen LogP contribution < -0.4 is 10.6 Å². The zero-order valence-corrected chi connectivity index (χ0v) is 14.6. The summed E-state index contributed by atoms with van der Waals surface area (Å²) in [5, 5.41) is 19.7. The summed E-state index contributed by atoms with van der Waals surface area (Å²) >= 11 is 0. The lowest BCUT2D eigenvalue weighted by Gasteiger charge is -2.20. The van der Waals surface area contributed by atoms with Gasteiger partial charge in [0.25, 0.3) is 6.43 Å². The highest BCUT2D eigenvalue weighted by Gasteiger charge is 2.24. The van der Waals surface area contributed by atoms with Crippen LogP contribution in [0.15, 0.2) is 17.4 Å². The summed E-state index contributed by atoms with van der Waals surface area (Å²) in [5.41, 5.74) is -0.588. The standard InChI is InChI=1S/C12H21F2N5O.HI/c1-4-15-11(16-6-10(13)14)17-8-12(2,20)9-5-18-19(3)7-9;/h5,7,10,20H,4,6,8H2,1-3H3,(H2,15,16,17);1H. The first-order valence-electron chi connectivity index (χ1n) is 6.37. The third-order valence-electron chi connectivity index (χ3n) is 2.64. The van der Waals surface area contributed by atoms with Gasteiger partial charge in [-0.15, -0.1) is 24.0 Å². The molecule has 0 aliphatic heterocycles. The van der Waals surface area contributed by atoms with Gasteiger partial charge in [-0.3, -0.25) is 4.68 Å². The van der Waals surface area contributed by atoms with E-state index in [1.807, 2.05) is 6.92 Å². The summed E-state index contributed by atoms with van der Waals surface area (Å²) in [6.07, 6.45) is 0.780. The first-order chi connectivity index (χ1) is 9.35. The molecule has 0 bridgehead atoms. The normalized spacial score (nSPS) is 14.5. The van der Waals surface area contributed by atoms with Gasteiger partial charge in [0.05, 0.1) is 19.3 Å². The molecule has 1 aromatic heterocycles. The van der Waals surface area contributed by atoms with E-state index >= 15 is 0 Å². The molecular weight excluding hydrogens is 395 g/mol. The van der Waals surface area contributed by atoms with Gasteiger partial charge in [-0.1, -0.05) is 0 Å². The van der Waals surface area contributed by atoms with E-state index in [-0.39, 0.29) is 36.5 Å². The Hall–Kier alpha value is -0.970. The van der Waals surface area contributed by atoms with Gasteiger partial charge in [0.1, 0.15) is 5.60 Å². The van der Waals surface area contributed by atoms with Crippen LogP contribution in [0, 0.1) is 0 Å². The second-order valence-electron chi connectivity index (χ2n) is 4.64. The number of hydrogen-bond donors (Lipinski definition) is 3. The molecule has 1 rings (SSSR count). The number of alkyl halides is 2. The van der Waals surface area contributed by atoms with Crippen molar-refractivity contribution in [3.05, 3.63) is 18.0 Å². The lowest BCUT2D eigenvalue weighted by molar-refractivity contribution is 0.0671. The Morgan fingerprint density at radius 1 is 1.52 bits per heavy atom. The monoisotopic (exact) mass is 417 g/mol. The van der Waals surface area contributed by atoms with E-state index in [4.69, 9.17) is 0 Å². The first-order valence-corrected chi connectivity index (χ1v) is 6.37. The fourth-order valence-corrected chi connectivity index (χ4v) is 1.54. The van der Waals surface area contributed by atoms with Crippen LogP contribution in [-0.2, 0) is 12.6 Å². The van der Waals surface area contributed by atoms with Crippen molar-refractivity contribution in [3.63, 3.8) is 0 Å². The lowest BCUT2D eigenvalue weighted by atomic mass is 10.0. The van der Waals surface area contributed by atoms with Crippen molar-refractivity contribution in [1.82, 2.24) is 20.4 Å². The quantitative estimate of drug-likeness (QED) is 0.368. The Kier molecular flexibility index (Phi) is 8.71. The number of guanidine groups is 1. The maximum atomic E-state index is 12.2. The Balaban J connectivity index is 0.00000400. The van der Waals surface area contributed by atoms with Crippen molar-refractivity contribution in [2.24, 2.45) is 12.0 Å². The molecule has 122 valence electrons. The molecule has 0 amide bonds. The Morgan fingerprint density at radius 3 is 2.67 bits per heavy atom. The Morgan fingerprint density at radius 2 is 2.19 bits per heavy atom. The minimum atomic E-state index is -2.46. The molecule has 9 heteroatoms. The summed E-state index contributed by atoms with van der Waals surface area (Å²) in [7, 11) is 1.75. The minimum Gasteiger partial charge on any atom is -0.383 e. The van der Waals surface area contributed by atoms with Gasteiger partial charge in [-0.2, -0.15) is 5.10 Å². The van der Waals surface area contributed by atoms with E-state index in [1.54, 1.807) is 31.0 Å². The molecule has 1 atom stereocenters.